The minimum absolute atomic E-state index is 0.256. The first kappa shape index (κ1) is 11.3. The molecule has 2 aromatic rings. The van der Waals surface area contributed by atoms with Gasteiger partial charge in [-0.15, -0.1) is 11.3 Å². The topological polar surface area (TPSA) is 50.2 Å². The van der Waals surface area contributed by atoms with E-state index in [2.05, 4.69) is 20.9 Å². The molecule has 1 aromatic carbocycles. The Labute approximate surface area is 105 Å². The molecule has 0 aliphatic carbocycles. The summed E-state index contributed by atoms with van der Waals surface area (Å²) in [6.07, 6.45) is 1.39. The minimum atomic E-state index is -0.935. The number of benzene rings is 1. The molecule has 0 aliphatic heterocycles. The molecular weight excluding hydrogens is 290 g/mol. The van der Waals surface area contributed by atoms with Crippen molar-refractivity contribution < 1.29 is 9.90 Å². The molecule has 0 atom stereocenters. The first-order chi connectivity index (χ1) is 7.58. The van der Waals surface area contributed by atoms with Crippen molar-refractivity contribution in [3.05, 3.63) is 39.3 Å². The number of carboxylic acid groups (broad SMARTS) is 1. The smallest absolute Gasteiger partial charge is 0.347 e. The molecule has 1 N–H and O–H groups in total. The van der Waals surface area contributed by atoms with Gasteiger partial charge in [0.2, 0.25) is 0 Å². The molecule has 0 radical (unpaired) electrons. The van der Waals surface area contributed by atoms with Gasteiger partial charge in [-0.2, -0.15) is 0 Å². The molecule has 1 aromatic heterocycles. The van der Waals surface area contributed by atoms with Gasteiger partial charge in [0.25, 0.3) is 0 Å². The van der Waals surface area contributed by atoms with Crippen molar-refractivity contribution >= 4 is 33.2 Å². The van der Waals surface area contributed by atoms with Crippen LogP contribution in [-0.4, -0.2) is 16.1 Å². The van der Waals surface area contributed by atoms with E-state index >= 15 is 0 Å². The van der Waals surface area contributed by atoms with Crippen molar-refractivity contribution in [3.8, 4) is 10.6 Å². The van der Waals surface area contributed by atoms with Gasteiger partial charge in [-0.25, -0.2) is 9.78 Å². The van der Waals surface area contributed by atoms with Gasteiger partial charge in [-0.3, -0.25) is 0 Å². The fraction of sp³-hybridized carbons (Fsp3) is 0.0909. The van der Waals surface area contributed by atoms with Gasteiger partial charge in [-0.1, -0.05) is 28.1 Å². The first-order valence-electron chi connectivity index (χ1n) is 4.53. The maximum absolute atomic E-state index is 10.7. The zero-order chi connectivity index (χ0) is 11.7. The SMILES string of the molecule is Cc1ccc(-c2ncc(C(=O)O)s2)cc1Br. The van der Waals surface area contributed by atoms with Crippen molar-refractivity contribution in [1.29, 1.82) is 0 Å². The van der Waals surface area contributed by atoms with Crippen LogP contribution in [0, 0.1) is 6.92 Å². The summed E-state index contributed by atoms with van der Waals surface area (Å²) in [5, 5.41) is 9.53. The summed E-state index contributed by atoms with van der Waals surface area (Å²) in [5.41, 5.74) is 2.06. The summed E-state index contributed by atoms with van der Waals surface area (Å²) in [6, 6.07) is 5.85. The molecule has 0 fully saturated rings. The van der Waals surface area contributed by atoms with E-state index in [0.29, 0.717) is 0 Å². The Bertz CT molecular complexity index is 551. The molecule has 0 amide bonds. The maximum Gasteiger partial charge on any atom is 0.347 e. The predicted molar refractivity (Wildman–Crippen MR) is 66.9 cm³/mol. The third-order valence-corrected chi connectivity index (χ3v) is 4.02. The Hall–Kier alpha value is -1.20. The van der Waals surface area contributed by atoms with Crippen molar-refractivity contribution in [1.82, 2.24) is 4.98 Å². The third-order valence-electron chi connectivity index (χ3n) is 2.14. The van der Waals surface area contributed by atoms with Crippen molar-refractivity contribution in [2.75, 3.05) is 0 Å². The number of aryl methyl sites for hydroxylation is 1. The molecule has 5 heteroatoms. The molecule has 16 heavy (non-hydrogen) atoms. The zero-order valence-corrected chi connectivity index (χ0v) is 10.8. The molecule has 0 spiro atoms. The molecule has 0 aliphatic rings. The number of nitrogens with zero attached hydrogens (tertiary/aromatic N) is 1. The minimum Gasteiger partial charge on any atom is -0.477 e. The van der Waals surface area contributed by atoms with Gasteiger partial charge in [0, 0.05) is 10.0 Å². The Morgan fingerprint density at radius 1 is 1.50 bits per heavy atom. The standard InChI is InChI=1S/C11H8BrNO2S/c1-6-2-3-7(4-8(6)12)10-13-5-9(16-10)11(14)15/h2-5H,1H3,(H,14,15). The fourth-order valence-electron chi connectivity index (χ4n) is 1.23. The number of halogens is 1. The van der Waals surface area contributed by atoms with Gasteiger partial charge in [0.1, 0.15) is 9.88 Å². The highest BCUT2D eigenvalue weighted by atomic mass is 79.9. The zero-order valence-electron chi connectivity index (χ0n) is 8.40. The van der Waals surface area contributed by atoms with Gasteiger partial charge in [0.15, 0.2) is 0 Å². The quantitative estimate of drug-likeness (QED) is 0.922. The fourth-order valence-corrected chi connectivity index (χ4v) is 2.36. The van der Waals surface area contributed by atoms with Crippen LogP contribution in [-0.2, 0) is 0 Å². The first-order valence-corrected chi connectivity index (χ1v) is 6.14. The van der Waals surface area contributed by atoms with E-state index in [1.165, 1.54) is 17.5 Å². The molecule has 2 rings (SSSR count). The van der Waals surface area contributed by atoms with E-state index in [1.54, 1.807) is 0 Å². The molecular formula is C11H8BrNO2S. The summed E-state index contributed by atoms with van der Waals surface area (Å²) in [6.45, 7) is 2.00. The number of carbonyl (C=O) groups is 1. The second-order valence-corrected chi connectivity index (χ2v) is 5.18. The van der Waals surface area contributed by atoms with E-state index in [4.69, 9.17) is 5.11 Å². The second-order valence-electron chi connectivity index (χ2n) is 3.30. The van der Waals surface area contributed by atoms with E-state index in [1.807, 2.05) is 25.1 Å². The molecule has 0 saturated carbocycles. The van der Waals surface area contributed by atoms with Crippen LogP contribution in [0.25, 0.3) is 10.6 Å². The normalized spacial score (nSPS) is 10.4. The van der Waals surface area contributed by atoms with Crippen molar-refractivity contribution in [2.24, 2.45) is 0 Å². The van der Waals surface area contributed by atoms with Gasteiger partial charge < -0.3 is 5.11 Å². The summed E-state index contributed by atoms with van der Waals surface area (Å²) in [7, 11) is 0. The average molecular weight is 298 g/mol. The molecule has 82 valence electrons. The Balaban J connectivity index is 2.42. The van der Waals surface area contributed by atoms with Crippen LogP contribution in [0.5, 0.6) is 0 Å². The number of rotatable bonds is 2. The molecule has 3 nitrogen and oxygen atoms in total. The largest absolute Gasteiger partial charge is 0.477 e. The Morgan fingerprint density at radius 2 is 2.25 bits per heavy atom. The lowest BCUT2D eigenvalue weighted by molar-refractivity contribution is 0.0702. The lowest BCUT2D eigenvalue weighted by Crippen LogP contribution is -1.89. The van der Waals surface area contributed by atoms with E-state index in [0.717, 1.165) is 20.6 Å². The average Bonchev–Trinajstić information content (AvgIpc) is 2.71. The van der Waals surface area contributed by atoms with Gasteiger partial charge in [0.05, 0.1) is 6.20 Å². The van der Waals surface area contributed by atoms with Crippen LogP contribution in [0.4, 0.5) is 0 Å². The van der Waals surface area contributed by atoms with Crippen molar-refractivity contribution in [3.63, 3.8) is 0 Å². The Morgan fingerprint density at radius 3 is 2.81 bits per heavy atom. The number of aromatic nitrogens is 1. The summed E-state index contributed by atoms with van der Waals surface area (Å²) in [5.74, 6) is -0.935. The van der Waals surface area contributed by atoms with Crippen LogP contribution < -0.4 is 0 Å². The number of aromatic carboxylic acids is 1. The van der Waals surface area contributed by atoms with E-state index in [9.17, 15) is 4.79 Å². The number of carboxylic acids is 1. The number of hydrogen-bond acceptors (Lipinski definition) is 3. The lowest BCUT2D eigenvalue weighted by atomic mass is 10.2. The summed E-state index contributed by atoms with van der Waals surface area (Å²) >= 11 is 4.62. The maximum atomic E-state index is 10.7. The van der Waals surface area contributed by atoms with Gasteiger partial charge in [-0.05, 0) is 18.6 Å². The second kappa shape index (κ2) is 4.35. The predicted octanol–water partition coefficient (Wildman–Crippen LogP) is 3.58. The van der Waals surface area contributed by atoms with Crippen LogP contribution in [0.1, 0.15) is 15.2 Å². The summed E-state index contributed by atoms with van der Waals surface area (Å²) < 4.78 is 0.997. The molecule has 0 saturated heterocycles. The van der Waals surface area contributed by atoms with Crippen LogP contribution in [0.2, 0.25) is 0 Å². The van der Waals surface area contributed by atoms with E-state index < -0.39 is 5.97 Å². The highest BCUT2D eigenvalue weighted by Gasteiger charge is 2.10. The highest BCUT2D eigenvalue weighted by Crippen LogP contribution is 2.28. The van der Waals surface area contributed by atoms with Crippen molar-refractivity contribution in [2.45, 2.75) is 6.92 Å². The number of hydrogen-bond donors (Lipinski definition) is 1. The van der Waals surface area contributed by atoms with E-state index in [-0.39, 0.29) is 4.88 Å². The van der Waals surface area contributed by atoms with Gasteiger partial charge >= 0.3 is 5.97 Å². The van der Waals surface area contributed by atoms with Crippen LogP contribution in [0.15, 0.2) is 28.9 Å². The third kappa shape index (κ3) is 2.15. The monoisotopic (exact) mass is 297 g/mol. The summed E-state index contributed by atoms with van der Waals surface area (Å²) in [4.78, 5) is 15.1. The lowest BCUT2D eigenvalue weighted by Gasteiger charge is -2.00. The number of thiazole rings is 1. The highest BCUT2D eigenvalue weighted by molar-refractivity contribution is 9.10. The van der Waals surface area contributed by atoms with Crippen LogP contribution >= 0.6 is 27.3 Å². The Kier molecular flexibility index (Phi) is 3.07. The molecule has 0 unspecified atom stereocenters. The van der Waals surface area contributed by atoms with Crippen LogP contribution in [0.3, 0.4) is 0 Å². The molecule has 1 heterocycles. The molecule has 0 bridgehead atoms.